The summed E-state index contributed by atoms with van der Waals surface area (Å²) in [5.41, 5.74) is 9.34. The molecule has 4 nitrogen and oxygen atoms in total. The fraction of sp³-hybridized carbons (Fsp3) is 0.353. The number of nitrogens with zero attached hydrogens (tertiary/aromatic N) is 3. The molecule has 0 saturated heterocycles. The molecule has 3 aromatic rings. The first-order chi connectivity index (χ1) is 10.2. The third-order valence-electron chi connectivity index (χ3n) is 4.13. The zero-order chi connectivity index (χ0) is 14.8. The SMILES string of the molecule is CCC(C)n1ccc(Cn2c(CN)cc3ccccc32)n1. The lowest BCUT2D eigenvalue weighted by Crippen LogP contribution is -2.10. The predicted molar refractivity (Wildman–Crippen MR) is 86.2 cm³/mol. The third-order valence-corrected chi connectivity index (χ3v) is 4.13. The Labute approximate surface area is 125 Å². The van der Waals surface area contributed by atoms with Crippen LogP contribution in [-0.4, -0.2) is 14.3 Å². The summed E-state index contributed by atoms with van der Waals surface area (Å²) in [6.45, 7) is 5.68. The van der Waals surface area contributed by atoms with Gasteiger partial charge in [0.2, 0.25) is 0 Å². The van der Waals surface area contributed by atoms with Gasteiger partial charge >= 0.3 is 0 Å². The molecule has 0 aliphatic rings. The molecular weight excluding hydrogens is 260 g/mol. The molecule has 1 aromatic carbocycles. The van der Waals surface area contributed by atoms with E-state index in [4.69, 9.17) is 10.8 Å². The molecule has 0 fully saturated rings. The van der Waals surface area contributed by atoms with Gasteiger partial charge in [0.1, 0.15) is 0 Å². The van der Waals surface area contributed by atoms with E-state index < -0.39 is 0 Å². The van der Waals surface area contributed by atoms with Gasteiger partial charge in [-0.2, -0.15) is 5.10 Å². The molecule has 3 rings (SSSR count). The van der Waals surface area contributed by atoms with E-state index in [1.807, 2.05) is 4.68 Å². The van der Waals surface area contributed by atoms with Gasteiger partial charge in [0.05, 0.1) is 12.2 Å². The number of rotatable bonds is 5. The van der Waals surface area contributed by atoms with Crippen molar-refractivity contribution in [2.24, 2.45) is 5.73 Å². The summed E-state index contributed by atoms with van der Waals surface area (Å²) in [6, 6.07) is 13.1. The highest BCUT2D eigenvalue weighted by Gasteiger charge is 2.10. The van der Waals surface area contributed by atoms with Crippen LogP contribution < -0.4 is 5.73 Å². The van der Waals surface area contributed by atoms with E-state index >= 15 is 0 Å². The first-order valence-electron chi connectivity index (χ1n) is 7.54. The highest BCUT2D eigenvalue weighted by atomic mass is 15.3. The van der Waals surface area contributed by atoms with Gasteiger partial charge in [-0.05, 0) is 36.9 Å². The van der Waals surface area contributed by atoms with E-state index in [0.29, 0.717) is 12.6 Å². The maximum atomic E-state index is 5.90. The quantitative estimate of drug-likeness (QED) is 0.780. The predicted octanol–water partition coefficient (Wildman–Crippen LogP) is 3.32. The molecule has 0 saturated carbocycles. The van der Waals surface area contributed by atoms with Crippen molar-refractivity contribution in [1.29, 1.82) is 0 Å². The van der Waals surface area contributed by atoms with Crippen molar-refractivity contribution < 1.29 is 0 Å². The fourth-order valence-electron chi connectivity index (χ4n) is 2.68. The zero-order valence-corrected chi connectivity index (χ0v) is 12.7. The molecule has 0 radical (unpaired) electrons. The molecule has 0 spiro atoms. The van der Waals surface area contributed by atoms with Crippen molar-refractivity contribution in [3.05, 3.63) is 54.0 Å². The van der Waals surface area contributed by atoms with Gasteiger partial charge in [0, 0.05) is 30.0 Å². The van der Waals surface area contributed by atoms with Crippen LogP contribution in [0.1, 0.15) is 37.7 Å². The fourth-order valence-corrected chi connectivity index (χ4v) is 2.68. The minimum atomic E-state index is 0.439. The van der Waals surface area contributed by atoms with Gasteiger partial charge in [-0.25, -0.2) is 0 Å². The minimum absolute atomic E-state index is 0.439. The monoisotopic (exact) mass is 282 g/mol. The maximum Gasteiger partial charge on any atom is 0.0822 e. The van der Waals surface area contributed by atoms with Crippen LogP contribution in [0.15, 0.2) is 42.6 Å². The maximum absolute atomic E-state index is 5.90. The standard InChI is InChI=1S/C17H22N4/c1-3-13(2)21-9-8-15(19-21)12-20-16(11-18)10-14-6-4-5-7-17(14)20/h4-10,13H,3,11-12,18H2,1-2H3. The van der Waals surface area contributed by atoms with Gasteiger partial charge in [0.25, 0.3) is 0 Å². The Hall–Kier alpha value is -2.07. The van der Waals surface area contributed by atoms with E-state index in [2.05, 4.69) is 61.0 Å². The van der Waals surface area contributed by atoms with Gasteiger partial charge in [-0.3, -0.25) is 4.68 Å². The van der Waals surface area contributed by atoms with Crippen LogP contribution in [0, 0.1) is 0 Å². The van der Waals surface area contributed by atoms with E-state index in [1.54, 1.807) is 0 Å². The number of aromatic nitrogens is 3. The van der Waals surface area contributed by atoms with Crippen molar-refractivity contribution in [2.45, 2.75) is 39.4 Å². The summed E-state index contributed by atoms with van der Waals surface area (Å²) in [4.78, 5) is 0. The molecule has 0 amide bonds. The summed E-state index contributed by atoms with van der Waals surface area (Å²) in [7, 11) is 0. The lowest BCUT2D eigenvalue weighted by atomic mass is 10.2. The van der Waals surface area contributed by atoms with Crippen molar-refractivity contribution >= 4 is 10.9 Å². The van der Waals surface area contributed by atoms with Gasteiger partial charge in [-0.1, -0.05) is 25.1 Å². The van der Waals surface area contributed by atoms with E-state index in [1.165, 1.54) is 10.9 Å². The molecule has 0 aliphatic heterocycles. The second-order valence-electron chi connectivity index (χ2n) is 5.53. The highest BCUT2D eigenvalue weighted by Crippen LogP contribution is 2.21. The summed E-state index contributed by atoms with van der Waals surface area (Å²) in [5, 5.41) is 5.93. The van der Waals surface area contributed by atoms with Crippen LogP contribution in [0.5, 0.6) is 0 Å². The average Bonchev–Trinajstić information content (AvgIpc) is 3.12. The molecule has 0 bridgehead atoms. The third kappa shape index (κ3) is 2.59. The number of benzene rings is 1. The summed E-state index contributed by atoms with van der Waals surface area (Å²) in [6.07, 6.45) is 3.15. The van der Waals surface area contributed by atoms with E-state index in [9.17, 15) is 0 Å². The van der Waals surface area contributed by atoms with Gasteiger partial charge < -0.3 is 10.3 Å². The number of nitrogens with two attached hydrogens (primary N) is 1. The molecule has 21 heavy (non-hydrogen) atoms. The van der Waals surface area contributed by atoms with Crippen LogP contribution in [0.4, 0.5) is 0 Å². The smallest absolute Gasteiger partial charge is 0.0822 e. The first-order valence-corrected chi connectivity index (χ1v) is 7.54. The largest absolute Gasteiger partial charge is 0.337 e. The van der Waals surface area contributed by atoms with Crippen LogP contribution in [-0.2, 0) is 13.1 Å². The number of hydrogen-bond acceptors (Lipinski definition) is 2. The molecule has 0 aliphatic carbocycles. The average molecular weight is 282 g/mol. The molecule has 110 valence electrons. The second-order valence-corrected chi connectivity index (χ2v) is 5.53. The highest BCUT2D eigenvalue weighted by molar-refractivity contribution is 5.81. The van der Waals surface area contributed by atoms with Crippen molar-refractivity contribution in [3.63, 3.8) is 0 Å². The summed E-state index contributed by atoms with van der Waals surface area (Å²) in [5.74, 6) is 0. The number of fused-ring (bicyclic) bond motifs is 1. The van der Waals surface area contributed by atoms with Gasteiger partial charge in [0.15, 0.2) is 0 Å². The molecule has 4 heteroatoms. The van der Waals surface area contributed by atoms with Crippen molar-refractivity contribution in [2.75, 3.05) is 0 Å². The second kappa shape index (κ2) is 5.74. The summed E-state index contributed by atoms with van der Waals surface area (Å²) >= 11 is 0. The Morgan fingerprint density at radius 3 is 2.81 bits per heavy atom. The van der Waals surface area contributed by atoms with Crippen molar-refractivity contribution in [1.82, 2.24) is 14.3 Å². The molecular formula is C17H22N4. The molecule has 2 aromatic heterocycles. The van der Waals surface area contributed by atoms with E-state index in [-0.39, 0.29) is 0 Å². The number of para-hydroxylation sites is 1. The Morgan fingerprint density at radius 1 is 1.24 bits per heavy atom. The number of hydrogen-bond donors (Lipinski definition) is 1. The molecule has 1 unspecified atom stereocenters. The normalized spacial score (nSPS) is 12.9. The van der Waals surface area contributed by atoms with Crippen LogP contribution in [0.3, 0.4) is 0 Å². The molecule has 2 heterocycles. The Kier molecular flexibility index (Phi) is 3.80. The van der Waals surface area contributed by atoms with Crippen LogP contribution in [0.25, 0.3) is 10.9 Å². The Bertz CT molecular complexity index is 738. The van der Waals surface area contributed by atoms with E-state index in [0.717, 1.165) is 24.4 Å². The molecule has 2 N–H and O–H groups in total. The topological polar surface area (TPSA) is 48.8 Å². The Morgan fingerprint density at radius 2 is 2.05 bits per heavy atom. The lowest BCUT2D eigenvalue weighted by Gasteiger charge is -2.10. The van der Waals surface area contributed by atoms with Crippen LogP contribution >= 0.6 is 0 Å². The minimum Gasteiger partial charge on any atom is -0.337 e. The summed E-state index contributed by atoms with van der Waals surface area (Å²) < 4.78 is 4.31. The molecule has 1 atom stereocenters. The van der Waals surface area contributed by atoms with Crippen LogP contribution in [0.2, 0.25) is 0 Å². The lowest BCUT2D eigenvalue weighted by molar-refractivity contribution is 0.472. The zero-order valence-electron chi connectivity index (χ0n) is 12.7. The van der Waals surface area contributed by atoms with Gasteiger partial charge in [-0.15, -0.1) is 0 Å². The Balaban J connectivity index is 1.95. The first kappa shape index (κ1) is 13.9. The van der Waals surface area contributed by atoms with Crippen molar-refractivity contribution in [3.8, 4) is 0 Å².